The first-order valence-corrected chi connectivity index (χ1v) is 12.0. The summed E-state index contributed by atoms with van der Waals surface area (Å²) in [5, 5.41) is 3.57. The number of halogens is 1. The molecule has 10 nitrogen and oxygen atoms in total. The van der Waals surface area contributed by atoms with Gasteiger partial charge in [-0.3, -0.25) is 4.90 Å². The number of benzene rings is 1. The van der Waals surface area contributed by atoms with Crippen molar-refractivity contribution in [2.45, 2.75) is 19.8 Å². The number of esters is 2. The first kappa shape index (κ1) is 27.5. The zero-order valence-electron chi connectivity index (χ0n) is 21.3. The number of dihydropyridines is 1. The Morgan fingerprint density at radius 3 is 2.39 bits per heavy atom. The molecule has 2 aliphatic rings. The van der Waals surface area contributed by atoms with Crippen LogP contribution in [0.15, 0.2) is 46.8 Å². The first-order valence-electron chi connectivity index (χ1n) is 11.7. The highest BCUT2D eigenvalue weighted by Gasteiger charge is 2.39. The average molecular weight is 521 g/mol. The molecule has 0 spiro atoms. The van der Waals surface area contributed by atoms with Gasteiger partial charge in [0.05, 0.1) is 63.0 Å². The third-order valence-electron chi connectivity index (χ3n) is 6.04. The van der Waals surface area contributed by atoms with Crippen LogP contribution in [-0.4, -0.2) is 93.6 Å². The Labute approximate surface area is 216 Å². The number of allylic oxidation sites excluding steroid dienone is 1. The first-order chi connectivity index (χ1) is 17.2. The molecule has 3 rings (SSSR count). The van der Waals surface area contributed by atoms with Gasteiger partial charge in [0.25, 0.3) is 0 Å². The number of nitrogens with zero attached hydrogens (tertiary/aromatic N) is 3. The van der Waals surface area contributed by atoms with Gasteiger partial charge >= 0.3 is 18.0 Å². The van der Waals surface area contributed by atoms with Gasteiger partial charge in [0.15, 0.2) is 0 Å². The highest BCUT2D eigenvalue weighted by molar-refractivity contribution is 6.31. The highest BCUT2D eigenvalue weighted by atomic mass is 35.5. The molecule has 36 heavy (non-hydrogen) atoms. The van der Waals surface area contributed by atoms with Gasteiger partial charge in [-0.2, -0.15) is 0 Å². The lowest BCUT2D eigenvalue weighted by atomic mass is 9.80. The molecule has 0 aliphatic carbocycles. The Balaban J connectivity index is 1.88. The maximum absolute atomic E-state index is 13.2. The second-order valence-corrected chi connectivity index (χ2v) is 9.04. The van der Waals surface area contributed by atoms with Gasteiger partial charge in [-0.05, 0) is 25.5 Å². The number of hydrogen-bond donors (Lipinski definition) is 1. The Morgan fingerprint density at radius 2 is 1.78 bits per heavy atom. The Hall–Kier alpha value is -3.08. The minimum Gasteiger partial charge on any atom is -0.466 e. The molecule has 1 N–H and O–H groups in total. The fourth-order valence-electron chi connectivity index (χ4n) is 4.43. The summed E-state index contributed by atoms with van der Waals surface area (Å²) in [6.07, 6.45) is 0. The molecule has 0 saturated carbocycles. The predicted molar refractivity (Wildman–Crippen MR) is 134 cm³/mol. The van der Waals surface area contributed by atoms with Crippen molar-refractivity contribution in [1.29, 1.82) is 0 Å². The average Bonchev–Trinajstić information content (AvgIpc) is 2.84. The van der Waals surface area contributed by atoms with Gasteiger partial charge < -0.3 is 29.3 Å². The molecular formula is C25H33ClN4O6. The van der Waals surface area contributed by atoms with E-state index in [0.29, 0.717) is 48.5 Å². The molecule has 0 aromatic heterocycles. The van der Waals surface area contributed by atoms with Crippen molar-refractivity contribution < 1.29 is 28.6 Å². The number of ether oxygens (including phenoxy) is 3. The van der Waals surface area contributed by atoms with E-state index in [9.17, 15) is 14.4 Å². The van der Waals surface area contributed by atoms with Gasteiger partial charge in [0, 0.05) is 31.4 Å². The van der Waals surface area contributed by atoms with E-state index in [2.05, 4.69) is 10.2 Å². The molecule has 0 radical (unpaired) electrons. The van der Waals surface area contributed by atoms with Gasteiger partial charge in [-0.15, -0.1) is 0 Å². The molecule has 0 bridgehead atoms. The van der Waals surface area contributed by atoms with Crippen LogP contribution in [0, 0.1) is 0 Å². The monoisotopic (exact) mass is 520 g/mol. The van der Waals surface area contributed by atoms with Crippen LogP contribution in [0.4, 0.5) is 4.79 Å². The molecule has 2 heterocycles. The summed E-state index contributed by atoms with van der Waals surface area (Å²) < 4.78 is 16.4. The summed E-state index contributed by atoms with van der Waals surface area (Å²) in [6, 6.07) is 7.03. The number of carbonyl (C=O) groups excluding carboxylic acids is 3. The number of hydrogen-bond acceptors (Lipinski definition) is 8. The maximum Gasteiger partial charge on any atom is 0.336 e. The van der Waals surface area contributed by atoms with E-state index in [1.54, 1.807) is 62.0 Å². The van der Waals surface area contributed by atoms with E-state index < -0.39 is 17.9 Å². The maximum atomic E-state index is 13.2. The van der Waals surface area contributed by atoms with E-state index in [-0.39, 0.29) is 30.4 Å². The van der Waals surface area contributed by atoms with Crippen molar-refractivity contribution in [3.63, 3.8) is 0 Å². The molecule has 1 aromatic rings. The van der Waals surface area contributed by atoms with Crippen LogP contribution in [0.2, 0.25) is 5.02 Å². The quantitative estimate of drug-likeness (QED) is 0.391. The van der Waals surface area contributed by atoms with Crippen molar-refractivity contribution in [3.8, 4) is 0 Å². The summed E-state index contributed by atoms with van der Waals surface area (Å²) >= 11 is 6.52. The normalized spacial score (nSPS) is 18.9. The molecule has 1 fully saturated rings. The van der Waals surface area contributed by atoms with Crippen LogP contribution < -0.4 is 5.32 Å². The number of methoxy groups -OCH3 is 1. The fraction of sp³-hybridized carbons (Fsp3) is 0.480. The second kappa shape index (κ2) is 12.2. The molecule has 196 valence electrons. The zero-order valence-corrected chi connectivity index (χ0v) is 22.1. The third kappa shape index (κ3) is 6.00. The van der Waals surface area contributed by atoms with E-state index in [1.165, 1.54) is 7.11 Å². The zero-order chi connectivity index (χ0) is 26.4. The van der Waals surface area contributed by atoms with E-state index >= 15 is 0 Å². The van der Waals surface area contributed by atoms with Crippen molar-refractivity contribution in [2.75, 3.05) is 60.9 Å². The lowest BCUT2D eigenvalue weighted by molar-refractivity contribution is -0.139. The van der Waals surface area contributed by atoms with Crippen LogP contribution in [-0.2, 0) is 23.8 Å². The van der Waals surface area contributed by atoms with Crippen molar-refractivity contribution in [3.05, 3.63) is 57.4 Å². The number of amides is 2. The lowest BCUT2D eigenvalue weighted by Gasteiger charge is -2.38. The topological polar surface area (TPSA) is 101 Å². The van der Waals surface area contributed by atoms with Gasteiger partial charge in [0.2, 0.25) is 0 Å². The van der Waals surface area contributed by atoms with Crippen LogP contribution in [0.5, 0.6) is 0 Å². The van der Waals surface area contributed by atoms with E-state index in [0.717, 1.165) is 0 Å². The van der Waals surface area contributed by atoms with Crippen LogP contribution >= 0.6 is 11.6 Å². The summed E-state index contributed by atoms with van der Waals surface area (Å²) in [4.78, 5) is 43.3. The predicted octanol–water partition coefficient (Wildman–Crippen LogP) is 2.52. The molecule has 1 saturated heterocycles. The van der Waals surface area contributed by atoms with E-state index in [4.69, 9.17) is 25.8 Å². The minimum atomic E-state index is -0.791. The Morgan fingerprint density at radius 1 is 1.11 bits per heavy atom. The Bertz CT molecular complexity index is 1060. The number of nitrogens with one attached hydrogen (secondary N) is 1. The molecule has 11 heteroatoms. The van der Waals surface area contributed by atoms with Crippen LogP contribution in [0.25, 0.3) is 0 Å². The SMILES string of the molecule is CCOC(=O)C1=C(COCCN2CN(C)C(=O)N(C)C2)NC(C)=C(C(=O)OC)C1c1ccccc1Cl. The molecule has 1 unspecified atom stereocenters. The summed E-state index contributed by atoms with van der Waals surface area (Å²) in [7, 11) is 4.79. The summed E-state index contributed by atoms with van der Waals surface area (Å²) in [6.45, 7) is 5.65. The molecule has 2 amide bonds. The van der Waals surface area contributed by atoms with Crippen molar-refractivity contribution >= 4 is 29.6 Å². The van der Waals surface area contributed by atoms with Crippen molar-refractivity contribution in [2.24, 2.45) is 0 Å². The minimum absolute atomic E-state index is 0.0305. The fourth-order valence-corrected chi connectivity index (χ4v) is 4.67. The second-order valence-electron chi connectivity index (χ2n) is 8.63. The molecule has 2 aliphatic heterocycles. The summed E-state index contributed by atoms with van der Waals surface area (Å²) in [5.41, 5.74) is 2.15. The smallest absolute Gasteiger partial charge is 0.336 e. The lowest BCUT2D eigenvalue weighted by Crippen LogP contribution is -2.55. The van der Waals surface area contributed by atoms with Crippen LogP contribution in [0.1, 0.15) is 25.3 Å². The van der Waals surface area contributed by atoms with E-state index in [1.807, 2.05) is 0 Å². The molecule has 1 atom stereocenters. The van der Waals surface area contributed by atoms with Crippen molar-refractivity contribution in [1.82, 2.24) is 20.0 Å². The third-order valence-corrected chi connectivity index (χ3v) is 6.38. The van der Waals surface area contributed by atoms with Gasteiger partial charge in [-0.25, -0.2) is 14.4 Å². The van der Waals surface area contributed by atoms with Crippen LogP contribution in [0.3, 0.4) is 0 Å². The number of urea groups is 1. The molecule has 1 aromatic carbocycles. The number of carbonyl (C=O) groups is 3. The largest absolute Gasteiger partial charge is 0.466 e. The molecular weight excluding hydrogens is 488 g/mol. The summed E-state index contributed by atoms with van der Waals surface area (Å²) in [5.74, 6) is -1.93. The number of rotatable bonds is 9. The Kier molecular flexibility index (Phi) is 9.36. The van der Waals surface area contributed by atoms with Gasteiger partial charge in [-0.1, -0.05) is 29.8 Å². The van der Waals surface area contributed by atoms with Gasteiger partial charge in [0.1, 0.15) is 0 Å². The highest BCUT2D eigenvalue weighted by Crippen LogP contribution is 2.41. The standard InChI is InChI=1S/C25H33ClN4O6/c1-6-36-24(32)22-19(13-35-12-11-30-14-28(3)25(33)29(4)15-30)27-16(2)20(23(31)34-5)21(22)17-9-7-8-10-18(17)26/h7-10,21,27H,6,11-15H2,1-5H3.